The highest BCUT2D eigenvalue weighted by Gasteiger charge is 2.24. The summed E-state index contributed by atoms with van der Waals surface area (Å²) in [7, 11) is -0.926. The highest BCUT2D eigenvalue weighted by Crippen LogP contribution is 2.15. The van der Waals surface area contributed by atoms with E-state index in [1.807, 2.05) is 30.3 Å². The van der Waals surface area contributed by atoms with Crippen molar-refractivity contribution in [1.82, 2.24) is 10.6 Å². The van der Waals surface area contributed by atoms with Crippen molar-refractivity contribution in [3.8, 4) is 0 Å². The number of hydrogen-bond acceptors (Lipinski definition) is 3. The zero-order chi connectivity index (χ0) is 15.1. The van der Waals surface area contributed by atoms with Crippen LogP contribution in [0.1, 0.15) is 25.3 Å². The van der Waals surface area contributed by atoms with Gasteiger partial charge in [0.25, 0.3) is 0 Å². The number of piperidine rings is 1. The van der Waals surface area contributed by atoms with Crippen LogP contribution in [0.25, 0.3) is 0 Å². The Morgan fingerprint density at radius 3 is 2.77 bits per heavy atom. The number of amides is 1. The molecule has 1 saturated heterocycles. The van der Waals surface area contributed by atoms with Crippen molar-refractivity contribution < 1.29 is 9.00 Å². The number of nitrogens with one attached hydrogen (secondary N) is 2. The summed E-state index contributed by atoms with van der Waals surface area (Å²) < 4.78 is 12.0. The minimum absolute atomic E-state index is 0. The van der Waals surface area contributed by atoms with Gasteiger partial charge in [0.1, 0.15) is 0 Å². The van der Waals surface area contributed by atoms with Crippen LogP contribution in [-0.4, -0.2) is 35.0 Å². The molecule has 6 heteroatoms. The van der Waals surface area contributed by atoms with Gasteiger partial charge in [-0.1, -0.05) is 30.3 Å². The Bertz CT molecular complexity index is 484. The van der Waals surface area contributed by atoms with Crippen molar-refractivity contribution in [2.24, 2.45) is 5.92 Å². The number of carbonyl (C=O) groups excluding carboxylic acids is 1. The lowest BCUT2D eigenvalue weighted by molar-refractivity contribution is -0.125. The van der Waals surface area contributed by atoms with Gasteiger partial charge in [-0.15, -0.1) is 12.4 Å². The number of benzene rings is 1. The summed E-state index contributed by atoms with van der Waals surface area (Å²) >= 11 is 0. The molecule has 1 unspecified atom stereocenters. The number of hydrogen-bond donors (Lipinski definition) is 2. The smallest absolute Gasteiger partial charge is 0.223 e. The summed E-state index contributed by atoms with van der Waals surface area (Å²) in [6, 6.07) is 10.2. The first-order chi connectivity index (χ1) is 10.1. The largest absolute Gasteiger partial charge is 0.355 e. The maximum Gasteiger partial charge on any atom is 0.223 e. The standard InChI is InChI=1S/C16H24N2O2S.ClH/c1-13-11-15(7-8-17-13)16(19)18-9-10-21(20)12-14-5-3-2-4-6-14;/h2-6,13,15,17H,7-12H2,1H3,(H,18,19);1H/t13-,15-,21?;/m0./s1. The topological polar surface area (TPSA) is 58.2 Å². The molecule has 4 nitrogen and oxygen atoms in total. The van der Waals surface area contributed by atoms with Gasteiger partial charge in [-0.3, -0.25) is 9.00 Å². The second-order valence-electron chi connectivity index (χ2n) is 5.64. The van der Waals surface area contributed by atoms with Gasteiger partial charge in [-0.25, -0.2) is 0 Å². The van der Waals surface area contributed by atoms with E-state index in [0.29, 0.717) is 24.1 Å². The van der Waals surface area contributed by atoms with Gasteiger partial charge in [0.05, 0.1) is 0 Å². The lowest BCUT2D eigenvalue weighted by Crippen LogP contribution is -2.43. The van der Waals surface area contributed by atoms with Crippen LogP contribution >= 0.6 is 12.4 Å². The highest BCUT2D eigenvalue weighted by atomic mass is 35.5. The quantitative estimate of drug-likeness (QED) is 0.828. The van der Waals surface area contributed by atoms with Crippen LogP contribution in [0.3, 0.4) is 0 Å². The van der Waals surface area contributed by atoms with E-state index in [1.54, 1.807) is 0 Å². The highest BCUT2D eigenvalue weighted by molar-refractivity contribution is 7.84. The van der Waals surface area contributed by atoms with Crippen LogP contribution in [0.4, 0.5) is 0 Å². The van der Waals surface area contributed by atoms with Crippen molar-refractivity contribution in [1.29, 1.82) is 0 Å². The zero-order valence-corrected chi connectivity index (χ0v) is 14.6. The Balaban J connectivity index is 0.00000242. The number of carbonyl (C=O) groups is 1. The molecule has 1 amide bonds. The minimum Gasteiger partial charge on any atom is -0.355 e. The average molecular weight is 345 g/mol. The van der Waals surface area contributed by atoms with E-state index in [4.69, 9.17) is 0 Å². The predicted molar refractivity (Wildman–Crippen MR) is 93.6 cm³/mol. The third-order valence-corrected chi connectivity index (χ3v) is 5.11. The zero-order valence-electron chi connectivity index (χ0n) is 12.9. The molecule has 1 fully saturated rings. The van der Waals surface area contributed by atoms with E-state index in [9.17, 15) is 9.00 Å². The van der Waals surface area contributed by atoms with Crippen molar-refractivity contribution in [2.45, 2.75) is 31.6 Å². The van der Waals surface area contributed by atoms with Crippen LogP contribution in [-0.2, 0) is 21.3 Å². The van der Waals surface area contributed by atoms with Gasteiger partial charge in [-0.05, 0) is 31.9 Å². The first-order valence-corrected chi connectivity index (χ1v) is 9.04. The molecule has 0 bridgehead atoms. The number of rotatable bonds is 6. The second-order valence-corrected chi connectivity index (χ2v) is 7.22. The van der Waals surface area contributed by atoms with E-state index < -0.39 is 10.8 Å². The molecule has 1 heterocycles. The van der Waals surface area contributed by atoms with E-state index in [2.05, 4.69) is 17.6 Å². The number of halogens is 1. The van der Waals surface area contributed by atoms with E-state index >= 15 is 0 Å². The molecule has 22 heavy (non-hydrogen) atoms. The molecule has 124 valence electrons. The van der Waals surface area contributed by atoms with Crippen LogP contribution in [0.2, 0.25) is 0 Å². The summed E-state index contributed by atoms with van der Waals surface area (Å²) in [5, 5.41) is 6.27. The van der Waals surface area contributed by atoms with Crippen molar-refractivity contribution in [3.05, 3.63) is 35.9 Å². The van der Waals surface area contributed by atoms with Gasteiger partial charge in [-0.2, -0.15) is 0 Å². The molecule has 1 aromatic carbocycles. The van der Waals surface area contributed by atoms with Gasteiger partial charge in [0, 0.05) is 40.8 Å². The van der Waals surface area contributed by atoms with Crippen LogP contribution < -0.4 is 10.6 Å². The Morgan fingerprint density at radius 2 is 2.09 bits per heavy atom. The van der Waals surface area contributed by atoms with E-state index in [0.717, 1.165) is 24.9 Å². The molecule has 2 N–H and O–H groups in total. The molecule has 0 spiro atoms. The Hall–Kier alpha value is -0.910. The molecule has 1 aliphatic heterocycles. The third-order valence-electron chi connectivity index (χ3n) is 3.79. The molecule has 0 aliphatic carbocycles. The van der Waals surface area contributed by atoms with Gasteiger partial charge in [0.2, 0.25) is 5.91 Å². The molecule has 2 rings (SSSR count). The van der Waals surface area contributed by atoms with Gasteiger partial charge >= 0.3 is 0 Å². The Morgan fingerprint density at radius 1 is 1.36 bits per heavy atom. The first kappa shape index (κ1) is 19.1. The third kappa shape index (κ3) is 6.46. The summed E-state index contributed by atoms with van der Waals surface area (Å²) in [4.78, 5) is 12.0. The van der Waals surface area contributed by atoms with Crippen molar-refractivity contribution in [3.63, 3.8) is 0 Å². The van der Waals surface area contributed by atoms with Gasteiger partial charge < -0.3 is 10.6 Å². The molecule has 3 atom stereocenters. The first-order valence-electron chi connectivity index (χ1n) is 7.55. The molecule has 0 saturated carbocycles. The Labute approximate surface area is 141 Å². The van der Waals surface area contributed by atoms with E-state index in [-0.39, 0.29) is 24.2 Å². The summed E-state index contributed by atoms with van der Waals surface area (Å²) in [6.07, 6.45) is 1.78. The summed E-state index contributed by atoms with van der Waals surface area (Å²) in [5.41, 5.74) is 1.08. The molecular formula is C16H25ClN2O2S. The van der Waals surface area contributed by atoms with E-state index in [1.165, 1.54) is 0 Å². The molecular weight excluding hydrogens is 320 g/mol. The predicted octanol–water partition coefficient (Wildman–Crippen LogP) is 1.86. The fourth-order valence-electron chi connectivity index (χ4n) is 2.63. The van der Waals surface area contributed by atoms with Gasteiger partial charge in [0.15, 0.2) is 0 Å². The maximum atomic E-state index is 12.0. The van der Waals surface area contributed by atoms with Crippen molar-refractivity contribution in [2.75, 3.05) is 18.8 Å². The summed E-state index contributed by atoms with van der Waals surface area (Å²) in [5.74, 6) is 1.28. The maximum absolute atomic E-state index is 12.0. The lowest BCUT2D eigenvalue weighted by Gasteiger charge is -2.27. The molecule has 0 radical (unpaired) electrons. The lowest BCUT2D eigenvalue weighted by atomic mass is 9.92. The second kappa shape index (κ2) is 9.98. The molecule has 1 aromatic rings. The molecule has 1 aliphatic rings. The monoisotopic (exact) mass is 344 g/mol. The Kier molecular flexibility index (Phi) is 8.68. The van der Waals surface area contributed by atoms with Crippen LogP contribution in [0, 0.1) is 5.92 Å². The summed E-state index contributed by atoms with van der Waals surface area (Å²) in [6.45, 7) is 3.50. The normalized spacial score (nSPS) is 22.4. The fraction of sp³-hybridized carbons (Fsp3) is 0.562. The SMILES string of the molecule is C[C@H]1C[C@@H](C(=O)NCCS(=O)Cc2ccccc2)CCN1.Cl. The van der Waals surface area contributed by atoms with Crippen molar-refractivity contribution >= 4 is 29.1 Å². The minimum atomic E-state index is -0.926. The van der Waals surface area contributed by atoms with Crippen LogP contribution in [0.5, 0.6) is 0 Å². The molecule has 0 aromatic heterocycles. The average Bonchev–Trinajstić information content (AvgIpc) is 2.48. The fourth-order valence-corrected chi connectivity index (χ4v) is 3.67. The van der Waals surface area contributed by atoms with Crippen LogP contribution in [0.15, 0.2) is 30.3 Å².